The van der Waals surface area contributed by atoms with Gasteiger partial charge in [0.2, 0.25) is 0 Å². The van der Waals surface area contributed by atoms with Crippen molar-refractivity contribution in [2.75, 3.05) is 13.2 Å². The Hall–Kier alpha value is -1.89. The molecule has 0 saturated carbocycles. The summed E-state index contributed by atoms with van der Waals surface area (Å²) in [5.41, 5.74) is 1.04. The molecule has 3 heterocycles. The zero-order valence-corrected chi connectivity index (χ0v) is 17.7. The van der Waals surface area contributed by atoms with Gasteiger partial charge in [-0.15, -0.1) is 0 Å². The normalized spacial score (nSPS) is 31.2. The second-order valence-corrected chi connectivity index (χ2v) is 8.10. The summed E-state index contributed by atoms with van der Waals surface area (Å²) >= 11 is 0. The summed E-state index contributed by atoms with van der Waals surface area (Å²) in [5, 5.41) is 0. The molecule has 3 aliphatic rings. The van der Waals surface area contributed by atoms with Crippen molar-refractivity contribution in [2.24, 2.45) is 0 Å². The van der Waals surface area contributed by atoms with Crippen molar-refractivity contribution < 1.29 is 28.5 Å². The second kappa shape index (κ2) is 10.4. The number of ether oxygens (including phenoxy) is 5. The van der Waals surface area contributed by atoms with E-state index >= 15 is 0 Å². The fourth-order valence-electron chi connectivity index (χ4n) is 4.41. The molecule has 2 saturated heterocycles. The summed E-state index contributed by atoms with van der Waals surface area (Å²) < 4.78 is 30.0. The molecular formula is C24H32O6. The van der Waals surface area contributed by atoms with E-state index in [1.54, 1.807) is 0 Å². The number of hydrogen-bond donors (Lipinski definition) is 0. The maximum atomic E-state index is 11.6. The molecule has 0 unspecified atom stereocenters. The van der Waals surface area contributed by atoms with Crippen LogP contribution in [0.5, 0.6) is 0 Å². The minimum absolute atomic E-state index is 0.00993. The molecule has 1 aromatic rings. The summed E-state index contributed by atoms with van der Waals surface area (Å²) in [7, 11) is 0. The molecule has 0 radical (unpaired) electrons. The van der Waals surface area contributed by atoms with Gasteiger partial charge < -0.3 is 23.7 Å². The summed E-state index contributed by atoms with van der Waals surface area (Å²) in [6.45, 7) is 2.79. The molecule has 6 heteroatoms. The van der Waals surface area contributed by atoms with Gasteiger partial charge in [0, 0.05) is 18.4 Å². The Balaban J connectivity index is 1.31. The highest BCUT2D eigenvalue weighted by molar-refractivity contribution is 5.69. The van der Waals surface area contributed by atoms with Gasteiger partial charge in [-0.2, -0.15) is 0 Å². The Morgan fingerprint density at radius 2 is 1.83 bits per heavy atom. The van der Waals surface area contributed by atoms with Gasteiger partial charge in [-0.1, -0.05) is 30.3 Å². The average molecular weight is 417 g/mol. The van der Waals surface area contributed by atoms with Crippen molar-refractivity contribution in [2.45, 2.75) is 82.6 Å². The van der Waals surface area contributed by atoms with Gasteiger partial charge in [0.1, 0.15) is 12.2 Å². The third-order valence-corrected chi connectivity index (χ3v) is 5.93. The van der Waals surface area contributed by atoms with E-state index in [1.807, 2.05) is 37.3 Å². The maximum Gasteiger partial charge on any atom is 0.305 e. The largest absolute Gasteiger partial charge is 0.492 e. The minimum Gasteiger partial charge on any atom is -0.492 e. The van der Waals surface area contributed by atoms with Crippen LogP contribution in [0.25, 0.3) is 0 Å². The van der Waals surface area contributed by atoms with E-state index in [2.05, 4.69) is 6.08 Å². The number of esters is 1. The molecule has 0 aromatic heterocycles. The summed E-state index contributed by atoms with van der Waals surface area (Å²) in [5.74, 6) is 0.830. The van der Waals surface area contributed by atoms with Gasteiger partial charge >= 0.3 is 5.97 Å². The van der Waals surface area contributed by atoms with Crippen LogP contribution in [0.1, 0.15) is 63.7 Å². The summed E-state index contributed by atoms with van der Waals surface area (Å²) in [6, 6.07) is 10.1. The maximum absolute atomic E-state index is 11.6. The van der Waals surface area contributed by atoms with Gasteiger partial charge in [0.15, 0.2) is 6.29 Å². The van der Waals surface area contributed by atoms with Crippen LogP contribution in [-0.2, 0) is 28.5 Å². The van der Waals surface area contributed by atoms with Crippen LogP contribution in [0, 0.1) is 0 Å². The van der Waals surface area contributed by atoms with E-state index in [9.17, 15) is 4.79 Å². The molecule has 30 heavy (non-hydrogen) atoms. The van der Waals surface area contributed by atoms with E-state index in [4.69, 9.17) is 23.7 Å². The van der Waals surface area contributed by atoms with Crippen molar-refractivity contribution >= 4 is 5.97 Å². The van der Waals surface area contributed by atoms with Crippen LogP contribution in [0.2, 0.25) is 0 Å². The Kier molecular flexibility index (Phi) is 7.42. The quantitative estimate of drug-likeness (QED) is 0.639. The number of carbonyl (C=O) groups excluding carboxylic acids is 1. The van der Waals surface area contributed by atoms with Crippen LogP contribution in [0.15, 0.2) is 42.2 Å². The molecule has 0 aliphatic carbocycles. The second-order valence-electron chi connectivity index (χ2n) is 8.10. The van der Waals surface area contributed by atoms with Crippen LogP contribution in [0.3, 0.4) is 0 Å². The smallest absolute Gasteiger partial charge is 0.305 e. The van der Waals surface area contributed by atoms with Gasteiger partial charge in [-0.05, 0) is 45.1 Å². The van der Waals surface area contributed by atoms with E-state index in [-0.39, 0.29) is 36.7 Å². The number of carbonyl (C=O) groups is 1. The molecule has 4 rings (SSSR count). The number of fused-ring (bicyclic) bond motifs is 2. The zero-order valence-electron chi connectivity index (χ0n) is 17.7. The number of rotatable bonds is 6. The van der Waals surface area contributed by atoms with Crippen LogP contribution in [-0.4, -0.2) is 43.6 Å². The van der Waals surface area contributed by atoms with E-state index in [0.29, 0.717) is 19.6 Å². The topological polar surface area (TPSA) is 63.2 Å². The molecule has 6 nitrogen and oxygen atoms in total. The standard InChI is InChI=1S/C24H32O6/c1-2-26-23(25)13-7-11-18-10-6-12-19-20(28-18)14-15-21-22(29-19)16-27-24(30-21)17-8-4-3-5-9-17/h3-5,8-10,19-22,24H,2,6-7,11-16H2,1H3/t19-,20+,21-,22+,24+/m0/s1. The molecule has 0 amide bonds. The third kappa shape index (κ3) is 5.42. The molecule has 1 aromatic carbocycles. The number of benzene rings is 1. The minimum atomic E-state index is -0.335. The molecule has 3 aliphatic heterocycles. The van der Waals surface area contributed by atoms with Crippen LogP contribution >= 0.6 is 0 Å². The van der Waals surface area contributed by atoms with Crippen molar-refractivity contribution in [1.82, 2.24) is 0 Å². The fraction of sp³-hybridized carbons (Fsp3) is 0.625. The molecular weight excluding hydrogens is 384 g/mol. The first-order valence-electron chi connectivity index (χ1n) is 11.2. The first-order chi connectivity index (χ1) is 14.7. The highest BCUT2D eigenvalue weighted by Gasteiger charge is 2.41. The lowest BCUT2D eigenvalue weighted by Crippen LogP contribution is -2.43. The van der Waals surface area contributed by atoms with Crippen LogP contribution < -0.4 is 0 Å². The number of hydrogen-bond acceptors (Lipinski definition) is 6. The highest BCUT2D eigenvalue weighted by atomic mass is 16.7. The van der Waals surface area contributed by atoms with Gasteiger partial charge in [0.05, 0.1) is 31.2 Å². The van der Waals surface area contributed by atoms with Crippen molar-refractivity contribution in [3.05, 3.63) is 47.7 Å². The van der Waals surface area contributed by atoms with E-state index < -0.39 is 0 Å². The summed E-state index contributed by atoms with van der Waals surface area (Å²) in [6.07, 6.45) is 7.37. The average Bonchev–Trinajstić information content (AvgIpc) is 3.05. The van der Waals surface area contributed by atoms with Crippen molar-refractivity contribution in [3.63, 3.8) is 0 Å². The SMILES string of the molecule is CCOC(=O)CCCC1=CCC[C@@H]2O[C@@H]3CO[C@@H](c4ccccc4)O[C@H]3CC[C@H]2O1. The lowest BCUT2D eigenvalue weighted by Gasteiger charge is -2.36. The number of allylic oxidation sites excluding steroid dienone is 2. The lowest BCUT2D eigenvalue weighted by molar-refractivity contribution is -0.270. The van der Waals surface area contributed by atoms with Gasteiger partial charge in [-0.3, -0.25) is 4.79 Å². The first-order valence-corrected chi connectivity index (χ1v) is 11.2. The van der Waals surface area contributed by atoms with Crippen molar-refractivity contribution in [1.29, 1.82) is 0 Å². The van der Waals surface area contributed by atoms with Gasteiger partial charge in [-0.25, -0.2) is 0 Å². The van der Waals surface area contributed by atoms with E-state index in [0.717, 1.165) is 49.8 Å². The predicted molar refractivity (Wildman–Crippen MR) is 111 cm³/mol. The molecule has 5 atom stereocenters. The van der Waals surface area contributed by atoms with Gasteiger partial charge in [0.25, 0.3) is 0 Å². The molecule has 0 N–H and O–H groups in total. The summed E-state index contributed by atoms with van der Waals surface area (Å²) in [4.78, 5) is 11.6. The molecule has 0 bridgehead atoms. The third-order valence-electron chi connectivity index (χ3n) is 5.93. The molecule has 2 fully saturated rings. The Labute approximate surface area is 178 Å². The molecule has 0 spiro atoms. The fourth-order valence-corrected chi connectivity index (χ4v) is 4.41. The Morgan fingerprint density at radius 3 is 2.67 bits per heavy atom. The Bertz CT molecular complexity index is 718. The first kappa shape index (κ1) is 21.3. The van der Waals surface area contributed by atoms with Crippen molar-refractivity contribution in [3.8, 4) is 0 Å². The predicted octanol–water partition coefficient (Wildman–Crippen LogP) is 4.44. The van der Waals surface area contributed by atoms with E-state index in [1.165, 1.54) is 0 Å². The monoisotopic (exact) mass is 416 g/mol. The lowest BCUT2D eigenvalue weighted by atomic mass is 10.0. The molecule has 164 valence electrons. The Morgan fingerprint density at radius 1 is 1.03 bits per heavy atom. The zero-order chi connectivity index (χ0) is 20.8. The van der Waals surface area contributed by atoms with Crippen LogP contribution in [0.4, 0.5) is 0 Å². The highest BCUT2D eigenvalue weighted by Crippen LogP contribution is 2.36.